The Morgan fingerprint density at radius 3 is 2.05 bits per heavy atom. The van der Waals surface area contributed by atoms with Crippen LogP contribution in [-0.4, -0.2) is 0 Å². The van der Waals surface area contributed by atoms with E-state index < -0.39 is 11.6 Å². The van der Waals surface area contributed by atoms with Gasteiger partial charge >= 0.3 is 0 Å². The molecule has 0 heterocycles. The second kappa shape index (κ2) is 5.88. The van der Waals surface area contributed by atoms with Crippen molar-refractivity contribution in [3.05, 3.63) is 82.4 Å². The molecule has 0 bridgehead atoms. The van der Waals surface area contributed by atoms with Crippen molar-refractivity contribution in [3.63, 3.8) is 0 Å². The molecule has 2 heteroatoms. The molecule has 112 valence electrons. The maximum atomic E-state index is 13.9. The average Bonchev–Trinajstić information content (AvgIpc) is 2.46. The second-order valence-corrected chi connectivity index (χ2v) is 5.89. The van der Waals surface area contributed by atoms with Crippen molar-refractivity contribution < 1.29 is 8.78 Å². The molecule has 0 fully saturated rings. The Morgan fingerprint density at radius 1 is 0.682 bits per heavy atom. The van der Waals surface area contributed by atoms with Crippen LogP contribution in [0.2, 0.25) is 0 Å². The average molecular weight is 296 g/mol. The van der Waals surface area contributed by atoms with Gasteiger partial charge in [0.05, 0.1) is 0 Å². The van der Waals surface area contributed by atoms with Crippen LogP contribution in [-0.2, 0) is 12.8 Å². The molecule has 0 atom stereocenters. The van der Waals surface area contributed by atoms with Gasteiger partial charge in [-0.15, -0.1) is 0 Å². The first-order valence-electron chi connectivity index (χ1n) is 7.47. The van der Waals surface area contributed by atoms with E-state index in [4.69, 9.17) is 0 Å². The monoisotopic (exact) mass is 296 g/mol. The fourth-order valence-corrected chi connectivity index (χ4v) is 2.81. The lowest BCUT2D eigenvalue weighted by molar-refractivity contribution is 0.553. The summed E-state index contributed by atoms with van der Waals surface area (Å²) in [5.74, 6) is -0.900. The van der Waals surface area contributed by atoms with Gasteiger partial charge in [-0.3, -0.25) is 0 Å². The van der Waals surface area contributed by atoms with E-state index >= 15 is 0 Å². The predicted octanol–water partition coefficient (Wildman–Crippen LogP) is 5.52. The quantitative estimate of drug-likeness (QED) is 0.597. The van der Waals surface area contributed by atoms with Crippen LogP contribution < -0.4 is 0 Å². The van der Waals surface area contributed by atoms with E-state index in [0.29, 0.717) is 18.4 Å². The highest BCUT2D eigenvalue weighted by molar-refractivity contribution is 5.83. The lowest BCUT2D eigenvalue weighted by Crippen LogP contribution is -2.00. The summed E-state index contributed by atoms with van der Waals surface area (Å²) < 4.78 is 27.7. The van der Waals surface area contributed by atoms with Gasteiger partial charge in [0.1, 0.15) is 11.6 Å². The number of benzene rings is 3. The zero-order chi connectivity index (χ0) is 15.7. The molecule has 0 nitrogen and oxygen atoms in total. The van der Waals surface area contributed by atoms with Crippen molar-refractivity contribution in [1.82, 2.24) is 0 Å². The minimum Gasteiger partial charge on any atom is -0.207 e. The third kappa shape index (κ3) is 3.01. The molecule has 0 aliphatic carbocycles. The van der Waals surface area contributed by atoms with Gasteiger partial charge in [0.15, 0.2) is 0 Å². The molecule has 0 amide bonds. The highest BCUT2D eigenvalue weighted by atomic mass is 19.1. The van der Waals surface area contributed by atoms with Gasteiger partial charge in [0.25, 0.3) is 0 Å². The van der Waals surface area contributed by atoms with Crippen molar-refractivity contribution in [2.45, 2.75) is 26.7 Å². The zero-order valence-electron chi connectivity index (χ0n) is 12.8. The minimum absolute atomic E-state index is 0.176. The molecule has 3 rings (SSSR count). The molecule has 0 radical (unpaired) electrons. The van der Waals surface area contributed by atoms with E-state index in [1.807, 2.05) is 6.07 Å². The zero-order valence-corrected chi connectivity index (χ0v) is 12.8. The van der Waals surface area contributed by atoms with Crippen LogP contribution in [0, 0.1) is 25.5 Å². The molecular formula is C20H18F2. The Labute approximate surface area is 129 Å². The first-order valence-corrected chi connectivity index (χ1v) is 7.47. The summed E-state index contributed by atoms with van der Waals surface area (Å²) >= 11 is 0. The van der Waals surface area contributed by atoms with Crippen LogP contribution >= 0.6 is 0 Å². The summed E-state index contributed by atoms with van der Waals surface area (Å²) in [6, 6.07) is 15.3. The summed E-state index contributed by atoms with van der Waals surface area (Å²) in [4.78, 5) is 0. The predicted molar refractivity (Wildman–Crippen MR) is 87.2 cm³/mol. The number of fused-ring (bicyclic) bond motifs is 1. The molecule has 0 aliphatic heterocycles. The smallest absolute Gasteiger partial charge is 0.129 e. The van der Waals surface area contributed by atoms with Gasteiger partial charge in [-0.05, 0) is 60.7 Å². The molecule has 0 aliphatic rings. The van der Waals surface area contributed by atoms with E-state index in [-0.39, 0.29) is 5.56 Å². The van der Waals surface area contributed by atoms with Crippen molar-refractivity contribution >= 4 is 10.8 Å². The lowest BCUT2D eigenvalue weighted by Gasteiger charge is -2.08. The highest BCUT2D eigenvalue weighted by Crippen LogP contribution is 2.21. The number of aryl methyl sites for hydroxylation is 3. The molecule has 0 N–H and O–H groups in total. The minimum atomic E-state index is -0.450. The van der Waals surface area contributed by atoms with E-state index in [9.17, 15) is 8.78 Å². The first kappa shape index (κ1) is 14.7. The van der Waals surface area contributed by atoms with Gasteiger partial charge in [0, 0.05) is 5.56 Å². The number of halogens is 2. The van der Waals surface area contributed by atoms with E-state index in [2.05, 4.69) is 37.3 Å². The van der Waals surface area contributed by atoms with Crippen LogP contribution in [0.4, 0.5) is 8.78 Å². The van der Waals surface area contributed by atoms with Crippen LogP contribution in [0.25, 0.3) is 10.8 Å². The standard InChI is InChI=1S/C20H18F2/c1-13-3-6-17-12-15(4-7-16(17)9-13)5-8-18-19(21)10-14(2)11-20(18)22/h3-4,6-7,9-12H,5,8H2,1-2H3. The highest BCUT2D eigenvalue weighted by Gasteiger charge is 2.10. The number of rotatable bonds is 3. The Bertz CT molecular complexity index is 811. The van der Waals surface area contributed by atoms with E-state index in [1.54, 1.807) is 6.92 Å². The number of hydrogen-bond donors (Lipinski definition) is 0. The maximum Gasteiger partial charge on any atom is 0.129 e. The summed E-state index contributed by atoms with van der Waals surface area (Å²) in [5, 5.41) is 2.35. The van der Waals surface area contributed by atoms with Gasteiger partial charge in [0.2, 0.25) is 0 Å². The van der Waals surface area contributed by atoms with Gasteiger partial charge < -0.3 is 0 Å². The SMILES string of the molecule is Cc1cc(F)c(CCc2ccc3cc(C)ccc3c2)c(F)c1. The second-order valence-electron chi connectivity index (χ2n) is 5.89. The van der Waals surface area contributed by atoms with Gasteiger partial charge in [-0.2, -0.15) is 0 Å². The molecular weight excluding hydrogens is 278 g/mol. The van der Waals surface area contributed by atoms with E-state index in [0.717, 1.165) is 10.9 Å². The van der Waals surface area contributed by atoms with Crippen molar-refractivity contribution in [1.29, 1.82) is 0 Å². The molecule has 0 saturated carbocycles. The van der Waals surface area contributed by atoms with E-state index in [1.165, 1.54) is 23.1 Å². The van der Waals surface area contributed by atoms with Crippen LogP contribution in [0.15, 0.2) is 48.5 Å². The third-order valence-electron chi connectivity index (χ3n) is 4.01. The summed E-state index contributed by atoms with van der Waals surface area (Å²) in [5.41, 5.74) is 3.11. The molecule has 0 aromatic heterocycles. The Morgan fingerprint density at radius 2 is 1.32 bits per heavy atom. The Kier molecular flexibility index (Phi) is 3.93. The lowest BCUT2D eigenvalue weighted by atomic mass is 9.99. The van der Waals surface area contributed by atoms with Crippen molar-refractivity contribution in [2.24, 2.45) is 0 Å². The molecule has 0 spiro atoms. The normalized spacial score (nSPS) is 11.1. The summed E-state index contributed by atoms with van der Waals surface area (Å²) in [6.45, 7) is 3.76. The summed E-state index contributed by atoms with van der Waals surface area (Å²) in [6.07, 6.45) is 0.996. The molecule has 0 saturated heterocycles. The van der Waals surface area contributed by atoms with Crippen LogP contribution in [0.3, 0.4) is 0 Å². The van der Waals surface area contributed by atoms with Crippen LogP contribution in [0.5, 0.6) is 0 Å². The fraction of sp³-hybridized carbons (Fsp3) is 0.200. The molecule has 22 heavy (non-hydrogen) atoms. The number of hydrogen-bond acceptors (Lipinski definition) is 0. The fourth-order valence-electron chi connectivity index (χ4n) is 2.81. The molecule has 3 aromatic rings. The molecule has 3 aromatic carbocycles. The largest absolute Gasteiger partial charge is 0.207 e. The van der Waals surface area contributed by atoms with Crippen LogP contribution in [0.1, 0.15) is 22.3 Å². The van der Waals surface area contributed by atoms with Gasteiger partial charge in [-0.1, -0.05) is 42.0 Å². The van der Waals surface area contributed by atoms with Crippen molar-refractivity contribution in [3.8, 4) is 0 Å². The van der Waals surface area contributed by atoms with Crippen molar-refractivity contribution in [2.75, 3.05) is 0 Å². The Hall–Kier alpha value is -2.22. The summed E-state index contributed by atoms with van der Waals surface area (Å²) in [7, 11) is 0. The third-order valence-corrected chi connectivity index (χ3v) is 4.01. The first-order chi connectivity index (χ1) is 10.5. The Balaban J connectivity index is 1.84. The molecule has 0 unspecified atom stereocenters. The van der Waals surface area contributed by atoms with Gasteiger partial charge in [-0.25, -0.2) is 8.78 Å². The maximum absolute atomic E-state index is 13.9. The topological polar surface area (TPSA) is 0 Å².